The Labute approximate surface area is 159 Å². The fourth-order valence-corrected chi connectivity index (χ4v) is 2.97. The molecule has 1 saturated heterocycles. The van der Waals surface area contributed by atoms with Crippen LogP contribution in [0.5, 0.6) is 0 Å². The van der Waals surface area contributed by atoms with Gasteiger partial charge in [-0.15, -0.1) is 0 Å². The molecule has 0 aromatic heterocycles. The smallest absolute Gasteiger partial charge is 0.436 e. The number of esters is 1. The third-order valence-electron chi connectivity index (χ3n) is 4.43. The van der Waals surface area contributed by atoms with Gasteiger partial charge in [-0.25, -0.2) is 0 Å². The molecule has 2 N–H and O–H groups in total. The standard InChI is InChI=1S/C18H21F3N2O5/c1-2-28-14(24)9-11-23-16(26)13(8-10-17(23,27)18(19,20)21)22-15(25)12-6-4-3-5-7-12/h3-7,13,27H,2,8-11H2,1H3,(H,22,25)/t13-,17-/m0/s1. The average Bonchev–Trinajstić information content (AvgIpc) is 2.64. The molecule has 0 unspecified atom stereocenters. The van der Waals surface area contributed by atoms with Crippen molar-refractivity contribution >= 4 is 17.8 Å². The second kappa shape index (κ2) is 8.59. The third-order valence-corrected chi connectivity index (χ3v) is 4.43. The number of aliphatic hydroxyl groups is 1. The summed E-state index contributed by atoms with van der Waals surface area (Å²) in [5.74, 6) is -2.53. The van der Waals surface area contributed by atoms with Gasteiger partial charge in [0.25, 0.3) is 5.91 Å². The first-order chi connectivity index (χ1) is 13.1. The molecular formula is C18H21F3N2O5. The Morgan fingerprint density at radius 2 is 1.96 bits per heavy atom. The van der Waals surface area contributed by atoms with Gasteiger partial charge in [0.05, 0.1) is 13.0 Å². The van der Waals surface area contributed by atoms with Gasteiger partial charge in [0.1, 0.15) is 6.04 Å². The molecule has 0 aliphatic carbocycles. The van der Waals surface area contributed by atoms with E-state index >= 15 is 0 Å². The van der Waals surface area contributed by atoms with E-state index in [1.165, 1.54) is 19.1 Å². The summed E-state index contributed by atoms with van der Waals surface area (Å²) in [4.78, 5) is 36.6. The van der Waals surface area contributed by atoms with E-state index in [1.807, 2.05) is 0 Å². The third kappa shape index (κ3) is 4.61. The minimum Gasteiger partial charge on any atom is -0.466 e. The second-order valence-corrected chi connectivity index (χ2v) is 6.29. The lowest BCUT2D eigenvalue weighted by Crippen LogP contribution is -2.68. The summed E-state index contributed by atoms with van der Waals surface area (Å²) in [6.07, 6.45) is -6.86. The van der Waals surface area contributed by atoms with Gasteiger partial charge in [-0.05, 0) is 25.5 Å². The van der Waals surface area contributed by atoms with E-state index in [9.17, 15) is 32.7 Å². The number of ether oxygens (including phenoxy) is 1. The van der Waals surface area contributed by atoms with Gasteiger partial charge in [-0.1, -0.05) is 18.2 Å². The lowest BCUT2D eigenvalue weighted by atomic mass is 9.92. The van der Waals surface area contributed by atoms with E-state index in [4.69, 9.17) is 0 Å². The van der Waals surface area contributed by atoms with E-state index < -0.39 is 61.5 Å². The minimum atomic E-state index is -5.12. The summed E-state index contributed by atoms with van der Waals surface area (Å²) in [5, 5.41) is 12.6. The van der Waals surface area contributed by atoms with Crippen molar-refractivity contribution in [1.82, 2.24) is 10.2 Å². The van der Waals surface area contributed by atoms with Crippen molar-refractivity contribution in [3.63, 3.8) is 0 Å². The topological polar surface area (TPSA) is 95.9 Å². The lowest BCUT2D eigenvalue weighted by molar-refractivity contribution is -0.318. The molecule has 10 heteroatoms. The molecule has 0 radical (unpaired) electrons. The van der Waals surface area contributed by atoms with Crippen LogP contribution in [0.2, 0.25) is 0 Å². The first-order valence-corrected chi connectivity index (χ1v) is 8.72. The van der Waals surface area contributed by atoms with E-state index in [1.54, 1.807) is 18.2 Å². The van der Waals surface area contributed by atoms with Crippen LogP contribution in [0, 0.1) is 0 Å². The number of rotatable bonds is 6. The molecule has 0 saturated carbocycles. The fraction of sp³-hybridized carbons (Fsp3) is 0.500. The second-order valence-electron chi connectivity index (χ2n) is 6.29. The first-order valence-electron chi connectivity index (χ1n) is 8.72. The molecule has 28 heavy (non-hydrogen) atoms. The maximum absolute atomic E-state index is 13.4. The molecule has 1 aliphatic heterocycles. The highest BCUT2D eigenvalue weighted by Crippen LogP contribution is 2.40. The number of carbonyl (C=O) groups is 3. The molecule has 1 aliphatic rings. The Morgan fingerprint density at radius 3 is 2.54 bits per heavy atom. The van der Waals surface area contributed by atoms with Crippen molar-refractivity contribution in [3.8, 4) is 0 Å². The molecule has 1 heterocycles. The van der Waals surface area contributed by atoms with Crippen LogP contribution in [-0.2, 0) is 14.3 Å². The molecule has 1 aromatic carbocycles. The SMILES string of the molecule is CCOC(=O)CCN1C(=O)[C@@H](NC(=O)c2ccccc2)CC[C@]1(O)C(F)(F)F. The highest BCUT2D eigenvalue weighted by atomic mass is 19.4. The van der Waals surface area contributed by atoms with Crippen molar-refractivity contribution in [2.45, 2.75) is 44.1 Å². The summed E-state index contributed by atoms with van der Waals surface area (Å²) < 4.78 is 44.9. The van der Waals surface area contributed by atoms with Crippen LogP contribution < -0.4 is 5.32 Å². The molecule has 1 aromatic rings. The number of hydrogen-bond donors (Lipinski definition) is 2. The van der Waals surface area contributed by atoms with Gasteiger partial charge >= 0.3 is 12.1 Å². The van der Waals surface area contributed by atoms with E-state index in [0.29, 0.717) is 0 Å². The van der Waals surface area contributed by atoms with Gasteiger partial charge in [0.15, 0.2) is 0 Å². The van der Waals surface area contributed by atoms with Gasteiger partial charge in [0, 0.05) is 18.5 Å². The van der Waals surface area contributed by atoms with Crippen LogP contribution in [0.15, 0.2) is 30.3 Å². The number of piperidine rings is 1. The van der Waals surface area contributed by atoms with Crippen LogP contribution >= 0.6 is 0 Å². The van der Waals surface area contributed by atoms with Crippen molar-refractivity contribution in [2.24, 2.45) is 0 Å². The number of carbonyl (C=O) groups excluding carboxylic acids is 3. The molecule has 2 atom stereocenters. The maximum Gasteiger partial charge on any atom is 0.436 e. The predicted octanol–water partition coefficient (Wildman–Crippen LogP) is 1.61. The molecule has 7 nitrogen and oxygen atoms in total. The van der Waals surface area contributed by atoms with Crippen LogP contribution in [-0.4, -0.2) is 58.9 Å². The Hall–Kier alpha value is -2.62. The number of nitrogens with zero attached hydrogens (tertiary/aromatic N) is 1. The van der Waals surface area contributed by atoms with Gasteiger partial charge < -0.3 is 20.1 Å². The molecule has 0 bridgehead atoms. The van der Waals surface area contributed by atoms with Crippen LogP contribution in [0.4, 0.5) is 13.2 Å². The normalized spacial score (nSPS) is 22.7. The van der Waals surface area contributed by atoms with Gasteiger partial charge in [-0.2, -0.15) is 13.2 Å². The highest BCUT2D eigenvalue weighted by molar-refractivity contribution is 5.97. The van der Waals surface area contributed by atoms with E-state index in [2.05, 4.69) is 10.1 Å². The predicted molar refractivity (Wildman–Crippen MR) is 90.9 cm³/mol. The number of alkyl halides is 3. The van der Waals surface area contributed by atoms with Crippen LogP contribution in [0.1, 0.15) is 36.5 Å². The molecule has 2 rings (SSSR count). The summed E-state index contributed by atoms with van der Waals surface area (Å²) in [7, 11) is 0. The van der Waals surface area contributed by atoms with Crippen LogP contribution in [0.25, 0.3) is 0 Å². The first kappa shape index (κ1) is 21.7. The number of hydrogen-bond acceptors (Lipinski definition) is 5. The quantitative estimate of drug-likeness (QED) is 0.705. The molecule has 154 valence electrons. The summed E-state index contributed by atoms with van der Waals surface area (Å²) >= 11 is 0. The van der Waals surface area contributed by atoms with E-state index in [0.717, 1.165) is 0 Å². The number of nitrogens with one attached hydrogen (secondary N) is 1. The van der Waals surface area contributed by atoms with Crippen molar-refractivity contribution in [1.29, 1.82) is 0 Å². The minimum absolute atomic E-state index is 0.0338. The molecular weight excluding hydrogens is 381 g/mol. The zero-order valence-corrected chi connectivity index (χ0v) is 15.2. The number of likely N-dealkylation sites (tertiary alicyclic amines) is 1. The largest absolute Gasteiger partial charge is 0.466 e. The number of benzene rings is 1. The summed E-state index contributed by atoms with van der Waals surface area (Å²) in [5.41, 5.74) is -3.17. The van der Waals surface area contributed by atoms with Gasteiger partial charge in [-0.3, -0.25) is 14.4 Å². The van der Waals surface area contributed by atoms with Gasteiger partial charge in [0.2, 0.25) is 11.6 Å². The Morgan fingerprint density at radius 1 is 1.32 bits per heavy atom. The Balaban J connectivity index is 2.18. The van der Waals surface area contributed by atoms with Crippen molar-refractivity contribution in [3.05, 3.63) is 35.9 Å². The zero-order chi connectivity index (χ0) is 20.9. The Bertz CT molecular complexity index is 726. The molecule has 0 spiro atoms. The Kier molecular flexibility index (Phi) is 6.65. The average molecular weight is 402 g/mol. The van der Waals surface area contributed by atoms with Crippen molar-refractivity contribution < 1.29 is 37.4 Å². The number of halogens is 3. The van der Waals surface area contributed by atoms with Crippen LogP contribution in [0.3, 0.4) is 0 Å². The summed E-state index contributed by atoms with van der Waals surface area (Å²) in [6, 6.07) is 6.62. The monoisotopic (exact) mass is 402 g/mol. The maximum atomic E-state index is 13.4. The van der Waals surface area contributed by atoms with Crippen molar-refractivity contribution in [2.75, 3.05) is 13.2 Å². The zero-order valence-electron chi connectivity index (χ0n) is 15.2. The van der Waals surface area contributed by atoms with E-state index in [-0.39, 0.29) is 17.1 Å². The molecule has 1 fully saturated rings. The molecule has 2 amide bonds. The number of amides is 2. The highest BCUT2D eigenvalue weighted by Gasteiger charge is 2.62. The summed E-state index contributed by atoms with van der Waals surface area (Å²) in [6.45, 7) is 0.878. The fourth-order valence-electron chi connectivity index (χ4n) is 2.97. The lowest BCUT2D eigenvalue weighted by Gasteiger charge is -2.46.